The summed E-state index contributed by atoms with van der Waals surface area (Å²) in [4.78, 5) is 14.9. The number of esters is 1. The Morgan fingerprint density at radius 1 is 1.83 bits per heavy atom. The Balaban J connectivity index is 2.83. The Kier molecular flexibility index (Phi) is 3.28. The molecule has 5 heteroatoms. The number of alkyl halides is 1. The van der Waals surface area contributed by atoms with Gasteiger partial charge in [-0.2, -0.15) is 0 Å². The molecule has 0 aromatic carbocycles. The largest absolute Gasteiger partial charge is 0.463 e. The van der Waals surface area contributed by atoms with Gasteiger partial charge in [0, 0.05) is 24.3 Å². The van der Waals surface area contributed by atoms with Gasteiger partial charge < -0.3 is 9.30 Å². The zero-order valence-corrected chi connectivity index (χ0v) is 8.24. The lowest BCUT2D eigenvalue weighted by atomic mass is 10.6. The number of carbonyl (C=O) groups is 1. The third-order valence-electron chi connectivity index (χ3n) is 1.41. The van der Waals surface area contributed by atoms with Gasteiger partial charge in [-0.3, -0.25) is 0 Å². The zero-order chi connectivity index (χ0) is 8.97. The van der Waals surface area contributed by atoms with Gasteiger partial charge in [-0.25, -0.2) is 9.78 Å². The summed E-state index contributed by atoms with van der Waals surface area (Å²) in [6.07, 6.45) is 3.32. The van der Waals surface area contributed by atoms with Gasteiger partial charge in [0.1, 0.15) is 0 Å². The molecule has 0 spiro atoms. The Bertz CT molecular complexity index is 272. The van der Waals surface area contributed by atoms with Crippen molar-refractivity contribution in [1.29, 1.82) is 0 Å². The van der Waals surface area contributed by atoms with Crippen LogP contribution in [0.3, 0.4) is 0 Å². The second kappa shape index (κ2) is 4.25. The summed E-state index contributed by atoms with van der Waals surface area (Å²) in [5.74, 6) is -0.0575. The summed E-state index contributed by atoms with van der Waals surface area (Å²) >= 11 is 3.28. The van der Waals surface area contributed by atoms with E-state index >= 15 is 0 Å². The van der Waals surface area contributed by atoms with E-state index in [9.17, 15) is 4.79 Å². The van der Waals surface area contributed by atoms with Crippen molar-refractivity contribution < 1.29 is 9.53 Å². The molecule has 0 unspecified atom stereocenters. The second-order valence-corrected chi connectivity index (χ2v) is 2.92. The molecule has 1 heterocycles. The summed E-state index contributed by atoms with van der Waals surface area (Å²) < 4.78 is 6.28. The van der Waals surface area contributed by atoms with Gasteiger partial charge in [-0.05, 0) is 0 Å². The molecule has 0 radical (unpaired) electrons. The van der Waals surface area contributed by atoms with Crippen LogP contribution in [0.15, 0.2) is 12.4 Å². The molecule has 0 saturated heterocycles. The molecule has 0 fully saturated rings. The highest BCUT2D eigenvalue weighted by Gasteiger charge is 2.11. The van der Waals surface area contributed by atoms with Crippen molar-refractivity contribution in [2.75, 3.05) is 12.4 Å². The zero-order valence-electron chi connectivity index (χ0n) is 6.66. The van der Waals surface area contributed by atoms with Crippen molar-refractivity contribution in [2.24, 2.45) is 0 Å². The topological polar surface area (TPSA) is 44.1 Å². The molecule has 0 aliphatic carbocycles. The standard InChI is InChI=1S/C7H9BrN2O2/c1-12-7(11)6-9-3-5-10(6)4-2-8/h3,5H,2,4H2,1H3. The fraction of sp³-hybridized carbons (Fsp3) is 0.429. The Morgan fingerprint density at radius 2 is 2.58 bits per heavy atom. The molecule has 0 amide bonds. The molecule has 0 N–H and O–H groups in total. The molecule has 0 saturated carbocycles. The van der Waals surface area contributed by atoms with Crippen LogP contribution in [0.25, 0.3) is 0 Å². The number of hydrogen-bond acceptors (Lipinski definition) is 3. The van der Waals surface area contributed by atoms with Gasteiger partial charge in [0.25, 0.3) is 0 Å². The minimum absolute atomic E-state index is 0.344. The predicted molar refractivity (Wildman–Crippen MR) is 47.4 cm³/mol. The first-order valence-electron chi connectivity index (χ1n) is 3.45. The van der Waals surface area contributed by atoms with E-state index in [1.807, 2.05) is 0 Å². The van der Waals surface area contributed by atoms with Gasteiger partial charge >= 0.3 is 5.97 Å². The van der Waals surface area contributed by atoms with Crippen molar-refractivity contribution in [3.05, 3.63) is 18.2 Å². The van der Waals surface area contributed by atoms with Crippen LogP contribution >= 0.6 is 15.9 Å². The second-order valence-electron chi connectivity index (χ2n) is 2.12. The fourth-order valence-electron chi connectivity index (χ4n) is 0.862. The lowest BCUT2D eigenvalue weighted by Crippen LogP contribution is -2.12. The summed E-state index contributed by atoms with van der Waals surface area (Å²) in [6, 6.07) is 0. The number of carbonyl (C=O) groups excluding carboxylic acids is 1. The Hall–Kier alpha value is -0.840. The highest BCUT2D eigenvalue weighted by molar-refractivity contribution is 9.09. The number of nitrogens with zero attached hydrogens (tertiary/aromatic N) is 2. The molecule has 4 nitrogen and oxygen atoms in total. The maximum atomic E-state index is 11.0. The summed E-state index contributed by atoms with van der Waals surface area (Å²) in [5, 5.41) is 0.785. The lowest BCUT2D eigenvalue weighted by Gasteiger charge is -2.02. The number of methoxy groups -OCH3 is 1. The van der Waals surface area contributed by atoms with Gasteiger partial charge in [0.15, 0.2) is 0 Å². The number of ether oxygens (including phenoxy) is 1. The predicted octanol–water partition coefficient (Wildman–Crippen LogP) is 1.06. The number of halogens is 1. The summed E-state index contributed by atoms with van der Waals surface area (Å²) in [5.41, 5.74) is 0. The SMILES string of the molecule is COC(=O)c1nccn1CCBr. The van der Waals surface area contributed by atoms with E-state index in [0.717, 1.165) is 5.33 Å². The maximum Gasteiger partial charge on any atom is 0.374 e. The minimum Gasteiger partial charge on any atom is -0.463 e. The van der Waals surface area contributed by atoms with Crippen LogP contribution in [0.2, 0.25) is 0 Å². The maximum absolute atomic E-state index is 11.0. The van der Waals surface area contributed by atoms with E-state index in [2.05, 4.69) is 25.7 Å². The smallest absolute Gasteiger partial charge is 0.374 e. The normalized spacial score (nSPS) is 9.83. The molecule has 0 aliphatic heterocycles. The molecule has 66 valence electrons. The highest BCUT2D eigenvalue weighted by atomic mass is 79.9. The van der Waals surface area contributed by atoms with Gasteiger partial charge in [0.05, 0.1) is 7.11 Å². The van der Waals surface area contributed by atoms with Gasteiger partial charge in [0.2, 0.25) is 5.82 Å². The fourth-order valence-corrected chi connectivity index (χ4v) is 1.24. The van der Waals surface area contributed by atoms with E-state index in [1.54, 1.807) is 17.0 Å². The van der Waals surface area contributed by atoms with E-state index in [-0.39, 0.29) is 0 Å². The first-order chi connectivity index (χ1) is 5.79. The third kappa shape index (κ3) is 1.85. The number of aromatic nitrogens is 2. The number of aryl methyl sites for hydroxylation is 1. The monoisotopic (exact) mass is 232 g/mol. The van der Waals surface area contributed by atoms with E-state index < -0.39 is 5.97 Å². The van der Waals surface area contributed by atoms with Crippen LogP contribution in [0.4, 0.5) is 0 Å². The average molecular weight is 233 g/mol. The van der Waals surface area contributed by atoms with Crippen molar-refractivity contribution in [3.63, 3.8) is 0 Å². The molecule has 0 aliphatic rings. The molecule has 1 rings (SSSR count). The van der Waals surface area contributed by atoms with E-state index in [1.165, 1.54) is 7.11 Å². The first kappa shape index (κ1) is 9.25. The average Bonchev–Trinajstić information content (AvgIpc) is 2.52. The van der Waals surface area contributed by atoms with E-state index in [4.69, 9.17) is 0 Å². The molecular weight excluding hydrogens is 224 g/mol. The van der Waals surface area contributed by atoms with Crippen LogP contribution in [0, 0.1) is 0 Å². The van der Waals surface area contributed by atoms with Gasteiger partial charge in [-0.1, -0.05) is 15.9 Å². The lowest BCUT2D eigenvalue weighted by molar-refractivity contribution is 0.0581. The molecular formula is C7H9BrN2O2. The van der Waals surface area contributed by atoms with Gasteiger partial charge in [-0.15, -0.1) is 0 Å². The van der Waals surface area contributed by atoms with E-state index in [0.29, 0.717) is 12.4 Å². The quantitative estimate of drug-likeness (QED) is 0.579. The minimum atomic E-state index is -0.402. The molecule has 0 bridgehead atoms. The van der Waals surface area contributed by atoms with Crippen molar-refractivity contribution in [3.8, 4) is 0 Å². The van der Waals surface area contributed by atoms with Crippen molar-refractivity contribution >= 4 is 21.9 Å². The van der Waals surface area contributed by atoms with Crippen LogP contribution in [-0.2, 0) is 11.3 Å². The number of rotatable bonds is 3. The van der Waals surface area contributed by atoms with Crippen LogP contribution in [-0.4, -0.2) is 28.0 Å². The number of hydrogen-bond donors (Lipinski definition) is 0. The van der Waals surface area contributed by atoms with Crippen LogP contribution in [0.1, 0.15) is 10.6 Å². The first-order valence-corrected chi connectivity index (χ1v) is 4.57. The number of imidazole rings is 1. The molecule has 12 heavy (non-hydrogen) atoms. The van der Waals surface area contributed by atoms with Crippen molar-refractivity contribution in [1.82, 2.24) is 9.55 Å². The van der Waals surface area contributed by atoms with Crippen LogP contribution in [0.5, 0.6) is 0 Å². The molecule has 0 atom stereocenters. The Labute approximate surface area is 78.7 Å². The third-order valence-corrected chi connectivity index (χ3v) is 1.76. The van der Waals surface area contributed by atoms with Crippen molar-refractivity contribution in [2.45, 2.75) is 6.54 Å². The summed E-state index contributed by atoms with van der Waals surface area (Å²) in [6.45, 7) is 0.713. The van der Waals surface area contributed by atoms with Crippen LogP contribution < -0.4 is 0 Å². The Morgan fingerprint density at radius 3 is 3.17 bits per heavy atom. The highest BCUT2D eigenvalue weighted by Crippen LogP contribution is 2.00. The molecule has 1 aromatic heterocycles. The molecule has 1 aromatic rings. The summed E-state index contributed by atoms with van der Waals surface area (Å²) in [7, 11) is 1.34.